The molecule has 1 N–H and O–H groups in total. The number of hydrogen-bond acceptors (Lipinski definition) is 3. The van der Waals surface area contributed by atoms with Gasteiger partial charge in [0.1, 0.15) is 5.82 Å². The molecule has 3 heteroatoms. The van der Waals surface area contributed by atoms with Gasteiger partial charge >= 0.3 is 0 Å². The Morgan fingerprint density at radius 1 is 1.10 bits per heavy atom. The fourth-order valence-corrected chi connectivity index (χ4v) is 2.70. The van der Waals surface area contributed by atoms with Crippen molar-refractivity contribution in [1.82, 2.24) is 9.97 Å². The number of hydrogen-bond donors (Lipinski definition) is 1. The average molecular weight is 281 g/mol. The summed E-state index contributed by atoms with van der Waals surface area (Å²) in [7, 11) is 0. The van der Waals surface area contributed by atoms with Crippen LogP contribution >= 0.6 is 0 Å². The van der Waals surface area contributed by atoms with Crippen molar-refractivity contribution in [3.63, 3.8) is 0 Å². The zero-order chi connectivity index (χ0) is 14.8. The Labute approximate surface area is 126 Å². The fourth-order valence-electron chi connectivity index (χ4n) is 2.70. The van der Waals surface area contributed by atoms with E-state index in [2.05, 4.69) is 50.4 Å². The van der Waals surface area contributed by atoms with Crippen molar-refractivity contribution in [2.24, 2.45) is 0 Å². The molecule has 0 spiro atoms. The third kappa shape index (κ3) is 2.92. The van der Waals surface area contributed by atoms with Gasteiger partial charge in [-0.05, 0) is 44.6 Å². The first-order valence-corrected chi connectivity index (χ1v) is 7.94. The molecular formula is C18H23N3. The zero-order valence-electron chi connectivity index (χ0n) is 13.1. The highest BCUT2D eigenvalue weighted by Gasteiger charge is 2.23. The van der Waals surface area contributed by atoms with Crippen molar-refractivity contribution < 1.29 is 0 Å². The standard InChI is InChI=1S/C18H23N3/c1-4-16-12(3)17(19-5-2)21-18(20-16)15-10-8-14(9-11-15)13-6-7-13/h8-11,13H,4-7H2,1-3H3,(H,19,20,21). The van der Waals surface area contributed by atoms with Crippen LogP contribution in [0.2, 0.25) is 0 Å². The minimum atomic E-state index is 0.793. The highest BCUT2D eigenvalue weighted by molar-refractivity contribution is 5.60. The average Bonchev–Trinajstić information content (AvgIpc) is 3.34. The quantitative estimate of drug-likeness (QED) is 0.886. The molecule has 0 atom stereocenters. The largest absolute Gasteiger partial charge is 0.370 e. The highest BCUT2D eigenvalue weighted by atomic mass is 15.0. The molecule has 1 saturated carbocycles. The van der Waals surface area contributed by atoms with Crippen LogP contribution in [0.4, 0.5) is 5.82 Å². The number of nitrogens with one attached hydrogen (secondary N) is 1. The van der Waals surface area contributed by atoms with Gasteiger partial charge in [0.05, 0.1) is 0 Å². The molecule has 1 aromatic heterocycles. The second kappa shape index (κ2) is 5.84. The van der Waals surface area contributed by atoms with Gasteiger partial charge in [0.15, 0.2) is 5.82 Å². The van der Waals surface area contributed by atoms with Crippen LogP contribution in [-0.2, 0) is 6.42 Å². The molecule has 110 valence electrons. The summed E-state index contributed by atoms with van der Waals surface area (Å²) < 4.78 is 0. The Kier molecular flexibility index (Phi) is 3.91. The molecule has 0 radical (unpaired) electrons. The fraction of sp³-hybridized carbons (Fsp3) is 0.444. The van der Waals surface area contributed by atoms with Crippen molar-refractivity contribution in [1.29, 1.82) is 0 Å². The van der Waals surface area contributed by atoms with E-state index in [0.717, 1.165) is 47.3 Å². The van der Waals surface area contributed by atoms with Crippen LogP contribution in [0.25, 0.3) is 11.4 Å². The normalized spacial score (nSPS) is 14.2. The summed E-state index contributed by atoms with van der Waals surface area (Å²) in [6.45, 7) is 7.21. The Morgan fingerprint density at radius 2 is 1.81 bits per heavy atom. The molecular weight excluding hydrogens is 258 g/mol. The summed E-state index contributed by atoms with van der Waals surface area (Å²) in [4.78, 5) is 9.45. The topological polar surface area (TPSA) is 37.8 Å². The van der Waals surface area contributed by atoms with Crippen LogP contribution in [0.3, 0.4) is 0 Å². The third-order valence-corrected chi connectivity index (χ3v) is 4.14. The molecule has 2 aromatic rings. The maximum atomic E-state index is 4.74. The molecule has 0 bridgehead atoms. The maximum absolute atomic E-state index is 4.74. The molecule has 3 nitrogen and oxygen atoms in total. The number of aryl methyl sites for hydroxylation is 1. The van der Waals surface area contributed by atoms with Gasteiger partial charge in [-0.1, -0.05) is 31.2 Å². The van der Waals surface area contributed by atoms with E-state index in [9.17, 15) is 0 Å². The summed E-state index contributed by atoms with van der Waals surface area (Å²) in [5.41, 5.74) is 4.85. The highest BCUT2D eigenvalue weighted by Crippen LogP contribution is 2.40. The lowest BCUT2D eigenvalue weighted by molar-refractivity contribution is 0.970. The van der Waals surface area contributed by atoms with Crippen molar-refractivity contribution >= 4 is 5.82 Å². The summed E-state index contributed by atoms with van der Waals surface area (Å²) in [6, 6.07) is 8.78. The molecule has 21 heavy (non-hydrogen) atoms. The van der Waals surface area contributed by atoms with Crippen molar-refractivity contribution in [3.8, 4) is 11.4 Å². The van der Waals surface area contributed by atoms with Crippen LogP contribution in [0.5, 0.6) is 0 Å². The lowest BCUT2D eigenvalue weighted by atomic mass is 10.1. The number of anilines is 1. The van der Waals surface area contributed by atoms with Crippen molar-refractivity contribution in [3.05, 3.63) is 41.1 Å². The first-order valence-electron chi connectivity index (χ1n) is 7.94. The summed E-state index contributed by atoms with van der Waals surface area (Å²) >= 11 is 0. The molecule has 1 heterocycles. The smallest absolute Gasteiger partial charge is 0.161 e. The van der Waals surface area contributed by atoms with Gasteiger partial charge in [-0.3, -0.25) is 0 Å². The number of aromatic nitrogens is 2. The van der Waals surface area contributed by atoms with Crippen LogP contribution in [0.1, 0.15) is 49.4 Å². The van der Waals surface area contributed by atoms with Crippen molar-refractivity contribution in [2.75, 3.05) is 11.9 Å². The summed E-state index contributed by atoms with van der Waals surface area (Å²) in [5, 5.41) is 3.35. The van der Waals surface area contributed by atoms with Crippen molar-refractivity contribution in [2.45, 2.75) is 46.0 Å². The van der Waals surface area contributed by atoms with E-state index >= 15 is 0 Å². The van der Waals surface area contributed by atoms with Gasteiger partial charge in [0.2, 0.25) is 0 Å². The second-order valence-corrected chi connectivity index (χ2v) is 5.75. The molecule has 1 aromatic carbocycles. The molecule has 0 unspecified atom stereocenters. The molecule has 1 aliphatic rings. The maximum Gasteiger partial charge on any atom is 0.161 e. The lowest BCUT2D eigenvalue weighted by Gasteiger charge is -2.12. The Balaban J connectivity index is 1.97. The predicted molar refractivity (Wildman–Crippen MR) is 87.7 cm³/mol. The van der Waals surface area contributed by atoms with Gasteiger partial charge in [0.25, 0.3) is 0 Å². The van der Waals surface area contributed by atoms with E-state index in [1.165, 1.54) is 18.4 Å². The summed E-state index contributed by atoms with van der Waals surface area (Å²) in [5.74, 6) is 2.59. The molecule has 0 saturated heterocycles. The number of rotatable bonds is 5. The Hall–Kier alpha value is -1.90. The first-order chi connectivity index (χ1) is 10.2. The van der Waals surface area contributed by atoms with E-state index in [4.69, 9.17) is 9.97 Å². The monoisotopic (exact) mass is 281 g/mol. The molecule has 1 aliphatic carbocycles. The SMILES string of the molecule is CCNc1nc(-c2ccc(C3CC3)cc2)nc(CC)c1C. The minimum Gasteiger partial charge on any atom is -0.370 e. The number of nitrogens with zero attached hydrogens (tertiary/aromatic N) is 2. The van der Waals surface area contributed by atoms with Crippen LogP contribution < -0.4 is 5.32 Å². The molecule has 0 amide bonds. The van der Waals surface area contributed by atoms with Crippen LogP contribution in [0.15, 0.2) is 24.3 Å². The van der Waals surface area contributed by atoms with E-state index < -0.39 is 0 Å². The van der Waals surface area contributed by atoms with Gasteiger partial charge < -0.3 is 5.32 Å². The van der Waals surface area contributed by atoms with E-state index in [-0.39, 0.29) is 0 Å². The molecule has 1 fully saturated rings. The Morgan fingerprint density at radius 3 is 2.38 bits per heavy atom. The Bertz CT molecular complexity index is 628. The van der Waals surface area contributed by atoms with Crippen LogP contribution in [-0.4, -0.2) is 16.5 Å². The molecule has 0 aliphatic heterocycles. The van der Waals surface area contributed by atoms with E-state index in [0.29, 0.717) is 0 Å². The minimum absolute atomic E-state index is 0.793. The number of benzene rings is 1. The lowest BCUT2D eigenvalue weighted by Crippen LogP contribution is -2.07. The van der Waals surface area contributed by atoms with E-state index in [1.54, 1.807) is 0 Å². The van der Waals surface area contributed by atoms with Gasteiger partial charge in [0, 0.05) is 23.4 Å². The second-order valence-electron chi connectivity index (χ2n) is 5.75. The molecule has 3 rings (SSSR count). The summed E-state index contributed by atoms with van der Waals surface area (Å²) in [6.07, 6.45) is 3.61. The third-order valence-electron chi connectivity index (χ3n) is 4.14. The van der Waals surface area contributed by atoms with Gasteiger partial charge in [-0.2, -0.15) is 0 Å². The predicted octanol–water partition coefficient (Wildman–Crippen LogP) is 4.32. The zero-order valence-corrected chi connectivity index (χ0v) is 13.1. The van der Waals surface area contributed by atoms with Crippen LogP contribution in [0, 0.1) is 6.92 Å². The van der Waals surface area contributed by atoms with Gasteiger partial charge in [-0.25, -0.2) is 9.97 Å². The first kappa shape index (κ1) is 14.1. The van der Waals surface area contributed by atoms with Gasteiger partial charge in [-0.15, -0.1) is 0 Å². The van der Waals surface area contributed by atoms with E-state index in [1.807, 2.05) is 0 Å².